The molecule has 0 aliphatic heterocycles. The number of furan rings is 1. The number of benzene rings is 1. The minimum atomic E-state index is 0.0570. The van der Waals surface area contributed by atoms with E-state index >= 15 is 0 Å². The van der Waals surface area contributed by atoms with Crippen molar-refractivity contribution in [3.63, 3.8) is 0 Å². The Bertz CT molecular complexity index is 712. The summed E-state index contributed by atoms with van der Waals surface area (Å²) in [6.07, 6.45) is 3.75. The number of hydrogen-bond donors (Lipinski definition) is 1. The second-order valence-corrected chi connectivity index (χ2v) is 4.88. The molecule has 0 fully saturated rings. The molecule has 2 heterocycles. The van der Waals surface area contributed by atoms with Gasteiger partial charge in [-0.2, -0.15) is 0 Å². The third kappa shape index (κ3) is 2.32. The maximum atomic E-state index is 5.82. The van der Waals surface area contributed by atoms with Crippen molar-refractivity contribution in [1.82, 2.24) is 10.3 Å². The average Bonchev–Trinajstić information content (AvgIpc) is 2.91. The van der Waals surface area contributed by atoms with Crippen molar-refractivity contribution in [1.29, 1.82) is 0 Å². The van der Waals surface area contributed by atoms with E-state index in [9.17, 15) is 0 Å². The van der Waals surface area contributed by atoms with Crippen LogP contribution in [0.4, 0.5) is 0 Å². The predicted molar refractivity (Wildman–Crippen MR) is 80.7 cm³/mol. The van der Waals surface area contributed by atoms with E-state index in [0.29, 0.717) is 0 Å². The first-order valence-corrected chi connectivity index (χ1v) is 6.92. The molecule has 0 amide bonds. The van der Waals surface area contributed by atoms with Gasteiger partial charge in [-0.05, 0) is 42.6 Å². The number of pyridine rings is 1. The fourth-order valence-electron chi connectivity index (χ4n) is 2.57. The molecule has 20 heavy (non-hydrogen) atoms. The van der Waals surface area contributed by atoms with E-state index in [0.717, 1.165) is 23.5 Å². The Balaban J connectivity index is 2.14. The van der Waals surface area contributed by atoms with E-state index in [1.807, 2.05) is 37.5 Å². The summed E-state index contributed by atoms with van der Waals surface area (Å²) in [7, 11) is 0. The van der Waals surface area contributed by atoms with Crippen LogP contribution in [0.5, 0.6) is 0 Å². The van der Waals surface area contributed by atoms with Crippen molar-refractivity contribution in [2.45, 2.75) is 19.9 Å². The molecule has 3 heteroatoms. The Morgan fingerprint density at radius 3 is 2.85 bits per heavy atom. The van der Waals surface area contributed by atoms with Gasteiger partial charge in [0.1, 0.15) is 11.5 Å². The lowest BCUT2D eigenvalue weighted by atomic mass is 9.98. The molecule has 0 saturated carbocycles. The highest BCUT2D eigenvalue weighted by Gasteiger charge is 2.18. The Hall–Kier alpha value is -2.13. The Kier molecular flexibility index (Phi) is 3.52. The van der Waals surface area contributed by atoms with Crippen LogP contribution in [-0.4, -0.2) is 11.5 Å². The molecular weight excluding hydrogens is 248 g/mol. The summed E-state index contributed by atoms with van der Waals surface area (Å²) in [4.78, 5) is 4.26. The van der Waals surface area contributed by atoms with Crippen LogP contribution in [0.3, 0.4) is 0 Å². The molecule has 1 N–H and O–H groups in total. The fraction of sp³-hybridized carbons (Fsp3) is 0.235. The van der Waals surface area contributed by atoms with Crippen molar-refractivity contribution in [3.8, 4) is 0 Å². The number of hydrogen-bond acceptors (Lipinski definition) is 3. The van der Waals surface area contributed by atoms with Crippen LogP contribution in [0, 0.1) is 6.92 Å². The van der Waals surface area contributed by atoms with Crippen molar-refractivity contribution < 1.29 is 4.42 Å². The molecule has 0 saturated heterocycles. The molecule has 3 nitrogen and oxygen atoms in total. The zero-order chi connectivity index (χ0) is 13.9. The first-order valence-electron chi connectivity index (χ1n) is 6.92. The molecule has 2 aromatic heterocycles. The van der Waals surface area contributed by atoms with E-state index in [2.05, 4.69) is 35.4 Å². The number of fused-ring (bicyclic) bond motifs is 1. The Morgan fingerprint density at radius 2 is 2.10 bits per heavy atom. The Morgan fingerprint density at radius 1 is 1.20 bits per heavy atom. The van der Waals surface area contributed by atoms with E-state index in [1.54, 1.807) is 0 Å². The zero-order valence-electron chi connectivity index (χ0n) is 11.8. The lowest BCUT2D eigenvalue weighted by molar-refractivity contribution is 0.436. The lowest BCUT2D eigenvalue weighted by Crippen LogP contribution is -2.21. The highest BCUT2D eigenvalue weighted by atomic mass is 16.3. The molecule has 0 spiro atoms. The summed E-state index contributed by atoms with van der Waals surface area (Å²) in [5, 5.41) is 5.86. The van der Waals surface area contributed by atoms with Crippen LogP contribution >= 0.6 is 0 Å². The molecule has 102 valence electrons. The van der Waals surface area contributed by atoms with Gasteiger partial charge in [-0.15, -0.1) is 0 Å². The van der Waals surface area contributed by atoms with Gasteiger partial charge in [0.25, 0.3) is 0 Å². The van der Waals surface area contributed by atoms with Crippen LogP contribution in [0.25, 0.3) is 10.8 Å². The fourth-order valence-corrected chi connectivity index (χ4v) is 2.57. The third-order valence-electron chi connectivity index (χ3n) is 3.48. The average molecular weight is 266 g/mol. The number of aromatic nitrogens is 1. The number of aryl methyl sites for hydroxylation is 1. The van der Waals surface area contributed by atoms with Crippen LogP contribution in [0.2, 0.25) is 0 Å². The molecule has 1 unspecified atom stereocenters. The summed E-state index contributed by atoms with van der Waals surface area (Å²) >= 11 is 0. The van der Waals surface area contributed by atoms with Crippen LogP contribution < -0.4 is 5.32 Å². The van der Waals surface area contributed by atoms with Gasteiger partial charge >= 0.3 is 0 Å². The van der Waals surface area contributed by atoms with Crippen molar-refractivity contribution in [3.05, 3.63) is 65.9 Å². The molecule has 0 radical (unpaired) electrons. The zero-order valence-corrected chi connectivity index (χ0v) is 11.8. The highest BCUT2D eigenvalue weighted by molar-refractivity contribution is 5.85. The van der Waals surface area contributed by atoms with Gasteiger partial charge in [-0.1, -0.05) is 25.1 Å². The van der Waals surface area contributed by atoms with Crippen LogP contribution in [-0.2, 0) is 0 Å². The SMILES string of the molecule is CCNC(c1ccc(C)o1)c1cccc2ccncc12. The maximum absolute atomic E-state index is 5.82. The van der Waals surface area contributed by atoms with E-state index < -0.39 is 0 Å². The normalized spacial score (nSPS) is 12.7. The predicted octanol–water partition coefficient (Wildman–Crippen LogP) is 3.84. The molecule has 0 aliphatic rings. The van der Waals surface area contributed by atoms with Gasteiger partial charge < -0.3 is 9.73 Å². The smallest absolute Gasteiger partial charge is 0.125 e. The molecule has 3 aromatic rings. The van der Waals surface area contributed by atoms with Crippen molar-refractivity contribution in [2.75, 3.05) is 6.54 Å². The summed E-state index contributed by atoms with van der Waals surface area (Å²) in [6.45, 7) is 4.95. The maximum Gasteiger partial charge on any atom is 0.125 e. The number of nitrogens with one attached hydrogen (secondary N) is 1. The molecule has 0 bridgehead atoms. The van der Waals surface area contributed by atoms with Crippen LogP contribution in [0.15, 0.2) is 53.2 Å². The highest BCUT2D eigenvalue weighted by Crippen LogP contribution is 2.29. The molecule has 1 atom stereocenters. The molecule has 3 rings (SSSR count). The first-order chi connectivity index (χ1) is 9.79. The second-order valence-electron chi connectivity index (χ2n) is 4.88. The summed E-state index contributed by atoms with van der Waals surface area (Å²) in [6, 6.07) is 12.5. The summed E-state index contributed by atoms with van der Waals surface area (Å²) in [5.74, 6) is 1.88. The van der Waals surface area contributed by atoms with E-state index in [-0.39, 0.29) is 6.04 Å². The topological polar surface area (TPSA) is 38.1 Å². The van der Waals surface area contributed by atoms with E-state index in [4.69, 9.17) is 4.42 Å². The van der Waals surface area contributed by atoms with Gasteiger partial charge in [0.15, 0.2) is 0 Å². The molecule has 1 aromatic carbocycles. The van der Waals surface area contributed by atoms with Gasteiger partial charge in [-0.25, -0.2) is 0 Å². The number of nitrogens with zero attached hydrogens (tertiary/aromatic N) is 1. The third-order valence-corrected chi connectivity index (χ3v) is 3.48. The standard InChI is InChI=1S/C17H18N2O/c1-3-19-17(16-8-7-12(2)20-16)14-6-4-5-13-9-10-18-11-15(13)14/h4-11,17,19H,3H2,1-2H3. The van der Waals surface area contributed by atoms with Crippen molar-refractivity contribution in [2.24, 2.45) is 0 Å². The minimum Gasteiger partial charge on any atom is -0.464 e. The lowest BCUT2D eigenvalue weighted by Gasteiger charge is -2.18. The Labute approximate surface area is 118 Å². The molecule has 0 aliphatic carbocycles. The van der Waals surface area contributed by atoms with Gasteiger partial charge in [0.05, 0.1) is 6.04 Å². The minimum absolute atomic E-state index is 0.0570. The van der Waals surface area contributed by atoms with Gasteiger partial charge in [0.2, 0.25) is 0 Å². The van der Waals surface area contributed by atoms with Gasteiger partial charge in [0, 0.05) is 17.8 Å². The molecular formula is C17H18N2O. The second kappa shape index (κ2) is 5.47. The summed E-state index contributed by atoms with van der Waals surface area (Å²) < 4.78 is 5.82. The van der Waals surface area contributed by atoms with Crippen LogP contribution in [0.1, 0.15) is 30.0 Å². The quantitative estimate of drug-likeness (QED) is 0.779. The number of rotatable bonds is 4. The largest absolute Gasteiger partial charge is 0.464 e. The van der Waals surface area contributed by atoms with Gasteiger partial charge in [-0.3, -0.25) is 4.98 Å². The first kappa shape index (κ1) is 12.9. The van der Waals surface area contributed by atoms with E-state index in [1.165, 1.54) is 10.9 Å². The monoisotopic (exact) mass is 266 g/mol. The van der Waals surface area contributed by atoms with Crippen molar-refractivity contribution >= 4 is 10.8 Å². The summed E-state index contributed by atoms with van der Waals surface area (Å²) in [5.41, 5.74) is 1.20.